The van der Waals surface area contributed by atoms with Gasteiger partial charge in [-0.1, -0.05) is 29.5 Å². The number of aryl methyl sites for hydroxylation is 2. The minimum absolute atomic E-state index is 0.107. The van der Waals surface area contributed by atoms with Gasteiger partial charge in [0.15, 0.2) is 9.84 Å². The Labute approximate surface area is 149 Å². The number of nitrogens with zero attached hydrogens (tertiary/aromatic N) is 2. The van der Waals surface area contributed by atoms with Crippen LogP contribution in [0.3, 0.4) is 0 Å². The van der Waals surface area contributed by atoms with Crippen molar-refractivity contribution in [1.29, 1.82) is 0 Å². The van der Waals surface area contributed by atoms with E-state index in [4.69, 9.17) is 0 Å². The van der Waals surface area contributed by atoms with Crippen molar-refractivity contribution >= 4 is 37.3 Å². The summed E-state index contributed by atoms with van der Waals surface area (Å²) in [5, 5.41) is 4.18. The summed E-state index contributed by atoms with van der Waals surface area (Å²) in [6, 6.07) is 12.3. The van der Waals surface area contributed by atoms with Gasteiger partial charge in [0.2, 0.25) is 4.80 Å². The molecule has 3 aromatic rings. The third-order valence-electron chi connectivity index (χ3n) is 3.85. The zero-order valence-electron chi connectivity index (χ0n) is 14.0. The summed E-state index contributed by atoms with van der Waals surface area (Å²) in [6.07, 6.45) is 1.11. The first kappa shape index (κ1) is 17.4. The van der Waals surface area contributed by atoms with Crippen LogP contribution in [0.2, 0.25) is 0 Å². The Morgan fingerprint density at radius 3 is 2.60 bits per heavy atom. The number of hydrogen-bond donors (Lipinski definition) is 1. The SMILES string of the molecule is Cc1ccc(S(C)(=O)=O)cc1C(=O)NN=c1sc2ccccc2n1C. The number of amides is 1. The summed E-state index contributed by atoms with van der Waals surface area (Å²) >= 11 is 1.46. The van der Waals surface area contributed by atoms with Gasteiger partial charge in [-0.2, -0.15) is 0 Å². The number of hydrogen-bond acceptors (Lipinski definition) is 5. The number of carbonyl (C=O) groups excluding carboxylic acids is 1. The highest BCUT2D eigenvalue weighted by atomic mass is 32.2. The highest BCUT2D eigenvalue weighted by Gasteiger charge is 2.14. The van der Waals surface area contributed by atoms with Gasteiger partial charge >= 0.3 is 0 Å². The van der Waals surface area contributed by atoms with Crippen molar-refractivity contribution in [1.82, 2.24) is 9.99 Å². The number of carbonyl (C=O) groups is 1. The quantitative estimate of drug-likeness (QED) is 0.713. The van der Waals surface area contributed by atoms with Gasteiger partial charge in [0.25, 0.3) is 5.91 Å². The van der Waals surface area contributed by atoms with E-state index in [0.717, 1.165) is 16.5 Å². The lowest BCUT2D eigenvalue weighted by atomic mass is 10.1. The van der Waals surface area contributed by atoms with Crippen LogP contribution in [0.5, 0.6) is 0 Å². The van der Waals surface area contributed by atoms with Crippen LogP contribution in [0.25, 0.3) is 10.2 Å². The summed E-state index contributed by atoms with van der Waals surface area (Å²) in [5.41, 5.74) is 4.51. The van der Waals surface area contributed by atoms with Gasteiger partial charge in [0.05, 0.1) is 15.1 Å². The maximum atomic E-state index is 12.4. The molecule has 8 heteroatoms. The van der Waals surface area contributed by atoms with Crippen molar-refractivity contribution in [2.45, 2.75) is 11.8 Å². The van der Waals surface area contributed by atoms with E-state index in [1.54, 1.807) is 13.0 Å². The summed E-state index contributed by atoms with van der Waals surface area (Å²) in [5.74, 6) is -0.444. The van der Waals surface area contributed by atoms with E-state index in [1.165, 1.54) is 23.5 Å². The molecule has 1 aromatic heterocycles. The Bertz CT molecular complexity index is 1140. The van der Waals surface area contributed by atoms with Crippen LogP contribution in [0, 0.1) is 6.92 Å². The van der Waals surface area contributed by atoms with Crippen molar-refractivity contribution in [2.75, 3.05) is 6.26 Å². The molecule has 1 amide bonds. The number of nitrogens with one attached hydrogen (secondary N) is 1. The number of thiazole rings is 1. The molecular weight excluding hydrogens is 358 g/mol. The van der Waals surface area contributed by atoms with Gasteiger partial charge < -0.3 is 4.57 Å². The van der Waals surface area contributed by atoms with Crippen molar-refractivity contribution < 1.29 is 13.2 Å². The van der Waals surface area contributed by atoms with E-state index in [2.05, 4.69) is 10.5 Å². The Kier molecular flexibility index (Phi) is 4.49. The summed E-state index contributed by atoms with van der Waals surface area (Å²) < 4.78 is 26.3. The fourth-order valence-corrected chi connectivity index (χ4v) is 4.05. The molecule has 6 nitrogen and oxygen atoms in total. The van der Waals surface area contributed by atoms with Crippen molar-refractivity contribution in [2.24, 2.45) is 12.1 Å². The number of rotatable bonds is 3. The molecule has 0 bridgehead atoms. The highest BCUT2D eigenvalue weighted by molar-refractivity contribution is 7.90. The normalized spacial score (nSPS) is 12.5. The second-order valence-corrected chi connectivity index (χ2v) is 8.74. The van der Waals surface area contributed by atoms with Gasteiger partial charge in [-0.15, -0.1) is 5.10 Å². The average molecular weight is 375 g/mol. The zero-order valence-corrected chi connectivity index (χ0v) is 15.6. The molecular formula is C17H17N3O3S2. The Balaban J connectivity index is 1.96. The van der Waals surface area contributed by atoms with Crippen molar-refractivity contribution in [3.05, 3.63) is 58.4 Å². The van der Waals surface area contributed by atoms with E-state index in [9.17, 15) is 13.2 Å². The summed E-state index contributed by atoms with van der Waals surface area (Å²) in [7, 11) is -1.51. The van der Waals surface area contributed by atoms with E-state index in [-0.39, 0.29) is 10.5 Å². The van der Waals surface area contributed by atoms with Crippen LogP contribution in [0.4, 0.5) is 0 Å². The van der Waals surface area contributed by atoms with Crippen LogP contribution in [-0.4, -0.2) is 25.1 Å². The third-order valence-corrected chi connectivity index (χ3v) is 6.07. The topological polar surface area (TPSA) is 80.5 Å². The van der Waals surface area contributed by atoms with Crippen molar-refractivity contribution in [3.8, 4) is 0 Å². The van der Waals surface area contributed by atoms with Crippen LogP contribution in [0.1, 0.15) is 15.9 Å². The zero-order chi connectivity index (χ0) is 18.2. The fraction of sp³-hybridized carbons (Fsp3) is 0.176. The predicted molar refractivity (Wildman–Crippen MR) is 98.1 cm³/mol. The number of para-hydroxylation sites is 1. The molecule has 1 N–H and O–H groups in total. The number of fused-ring (bicyclic) bond motifs is 1. The molecule has 0 aliphatic rings. The van der Waals surface area contributed by atoms with E-state index >= 15 is 0 Å². The monoisotopic (exact) mass is 375 g/mol. The first-order chi connectivity index (χ1) is 11.8. The molecule has 25 heavy (non-hydrogen) atoms. The summed E-state index contributed by atoms with van der Waals surface area (Å²) in [4.78, 5) is 13.2. The van der Waals surface area contributed by atoms with Gasteiger partial charge in [0.1, 0.15) is 0 Å². The fourth-order valence-electron chi connectivity index (χ4n) is 2.42. The molecule has 0 atom stereocenters. The minimum atomic E-state index is -3.38. The second-order valence-electron chi connectivity index (χ2n) is 5.71. The van der Waals surface area contributed by atoms with E-state index in [1.807, 2.05) is 35.9 Å². The molecule has 0 spiro atoms. The highest BCUT2D eigenvalue weighted by Crippen LogP contribution is 2.16. The smallest absolute Gasteiger partial charge is 0.271 e. The Morgan fingerprint density at radius 2 is 1.92 bits per heavy atom. The molecule has 130 valence electrons. The van der Waals surface area contributed by atoms with Gasteiger partial charge in [0, 0.05) is 18.9 Å². The third kappa shape index (κ3) is 3.49. The molecule has 0 fully saturated rings. The molecule has 0 saturated carbocycles. The molecule has 0 aliphatic carbocycles. The number of aromatic nitrogens is 1. The molecule has 3 rings (SSSR count). The van der Waals surface area contributed by atoms with Gasteiger partial charge in [-0.25, -0.2) is 13.8 Å². The lowest BCUT2D eigenvalue weighted by Gasteiger charge is -2.06. The molecule has 0 saturated heterocycles. The lowest BCUT2D eigenvalue weighted by Crippen LogP contribution is -2.24. The van der Waals surface area contributed by atoms with Crippen LogP contribution in [-0.2, 0) is 16.9 Å². The van der Waals surface area contributed by atoms with Crippen LogP contribution in [0.15, 0.2) is 52.5 Å². The Hall–Kier alpha value is -2.45. The van der Waals surface area contributed by atoms with Gasteiger partial charge in [-0.3, -0.25) is 4.79 Å². The molecule has 0 unspecified atom stereocenters. The first-order valence-corrected chi connectivity index (χ1v) is 10.2. The molecule has 2 aromatic carbocycles. The predicted octanol–water partition coefficient (Wildman–Crippen LogP) is 2.20. The molecule has 0 radical (unpaired) electrons. The molecule has 0 aliphatic heterocycles. The minimum Gasteiger partial charge on any atom is -0.318 e. The average Bonchev–Trinajstić information content (AvgIpc) is 2.88. The van der Waals surface area contributed by atoms with Gasteiger partial charge in [-0.05, 0) is 36.8 Å². The van der Waals surface area contributed by atoms with E-state index in [0.29, 0.717) is 10.4 Å². The summed E-state index contributed by atoms with van der Waals surface area (Å²) in [6.45, 7) is 1.75. The van der Waals surface area contributed by atoms with Crippen LogP contribution >= 0.6 is 11.3 Å². The standard InChI is InChI=1S/C17H17N3O3S2/c1-11-8-9-12(25(3,22)23)10-13(11)16(21)18-19-17-20(2)14-6-4-5-7-15(14)24-17/h4-10H,1-3H3,(H,18,21). The van der Waals surface area contributed by atoms with Crippen molar-refractivity contribution in [3.63, 3.8) is 0 Å². The number of benzene rings is 2. The Morgan fingerprint density at radius 1 is 1.20 bits per heavy atom. The maximum Gasteiger partial charge on any atom is 0.271 e. The first-order valence-electron chi connectivity index (χ1n) is 7.47. The maximum absolute atomic E-state index is 12.4. The molecule has 1 heterocycles. The number of sulfone groups is 1. The lowest BCUT2D eigenvalue weighted by molar-refractivity contribution is 0.0952. The second kappa shape index (κ2) is 6.45. The van der Waals surface area contributed by atoms with Crippen LogP contribution < -0.4 is 10.2 Å². The largest absolute Gasteiger partial charge is 0.318 e. The van der Waals surface area contributed by atoms with E-state index < -0.39 is 15.7 Å².